The van der Waals surface area contributed by atoms with Crippen LogP contribution in [0.4, 0.5) is 5.69 Å². The molecular formula is C15H25N3O2. The first-order chi connectivity index (χ1) is 9.49. The zero-order valence-corrected chi connectivity index (χ0v) is 12.8. The van der Waals surface area contributed by atoms with E-state index in [9.17, 15) is 9.90 Å². The molecule has 1 amide bonds. The third kappa shape index (κ3) is 4.49. The van der Waals surface area contributed by atoms with Crippen LogP contribution in [0.2, 0.25) is 0 Å². The largest absolute Gasteiger partial charge is 0.387 e. The number of amides is 1. The number of hydrogen-bond donors (Lipinski definition) is 1. The van der Waals surface area contributed by atoms with Crippen LogP contribution in [0.5, 0.6) is 0 Å². The molecule has 0 saturated carbocycles. The van der Waals surface area contributed by atoms with E-state index >= 15 is 0 Å². The predicted molar refractivity (Wildman–Crippen MR) is 80.7 cm³/mol. The summed E-state index contributed by atoms with van der Waals surface area (Å²) < 4.78 is 0. The molecule has 20 heavy (non-hydrogen) atoms. The topological polar surface area (TPSA) is 56.7 Å². The van der Waals surface area contributed by atoms with E-state index < -0.39 is 6.10 Å². The molecule has 0 aliphatic carbocycles. The van der Waals surface area contributed by atoms with Gasteiger partial charge in [0.1, 0.15) is 0 Å². The average molecular weight is 279 g/mol. The number of anilines is 1. The Morgan fingerprint density at radius 3 is 2.50 bits per heavy atom. The van der Waals surface area contributed by atoms with Crippen LogP contribution in [-0.2, 0) is 4.79 Å². The van der Waals surface area contributed by atoms with Crippen LogP contribution in [0.15, 0.2) is 18.3 Å². The Hall–Kier alpha value is -1.62. The highest BCUT2D eigenvalue weighted by molar-refractivity contribution is 5.80. The van der Waals surface area contributed by atoms with E-state index in [2.05, 4.69) is 11.9 Å². The number of likely N-dealkylation sites (N-methyl/N-ethyl adjacent to an activating group) is 1. The molecule has 112 valence electrons. The lowest BCUT2D eigenvalue weighted by Gasteiger charge is -2.25. The Bertz CT molecular complexity index is 418. The zero-order valence-electron chi connectivity index (χ0n) is 12.8. The van der Waals surface area contributed by atoms with Crippen molar-refractivity contribution >= 4 is 11.6 Å². The number of aliphatic hydroxyl groups excluding tert-OH is 1. The van der Waals surface area contributed by atoms with E-state index in [0.717, 1.165) is 18.7 Å². The summed E-state index contributed by atoms with van der Waals surface area (Å²) in [6, 6.07) is 3.74. The van der Waals surface area contributed by atoms with Crippen molar-refractivity contribution in [1.29, 1.82) is 0 Å². The number of pyridine rings is 1. The van der Waals surface area contributed by atoms with Crippen molar-refractivity contribution in [2.45, 2.75) is 32.8 Å². The number of nitrogens with zero attached hydrogens (tertiary/aromatic N) is 3. The summed E-state index contributed by atoms with van der Waals surface area (Å²) in [5, 5.41) is 9.74. The number of hydrogen-bond acceptors (Lipinski definition) is 4. The summed E-state index contributed by atoms with van der Waals surface area (Å²) in [4.78, 5) is 19.7. The minimum atomic E-state index is -0.521. The Morgan fingerprint density at radius 2 is 2.05 bits per heavy atom. The van der Waals surface area contributed by atoms with Gasteiger partial charge in [-0.25, -0.2) is 0 Å². The van der Waals surface area contributed by atoms with E-state index in [1.807, 2.05) is 24.0 Å². The molecule has 0 bridgehead atoms. The van der Waals surface area contributed by atoms with Gasteiger partial charge in [0.05, 0.1) is 30.2 Å². The van der Waals surface area contributed by atoms with Crippen molar-refractivity contribution in [2.24, 2.45) is 0 Å². The molecule has 0 unspecified atom stereocenters. The maximum Gasteiger partial charge on any atom is 0.241 e. The quantitative estimate of drug-likeness (QED) is 0.827. The van der Waals surface area contributed by atoms with Gasteiger partial charge in [0, 0.05) is 20.6 Å². The molecule has 1 heterocycles. The van der Waals surface area contributed by atoms with Crippen molar-refractivity contribution in [3.05, 3.63) is 24.0 Å². The second kappa shape index (κ2) is 7.85. The summed E-state index contributed by atoms with van der Waals surface area (Å²) in [7, 11) is 3.51. The van der Waals surface area contributed by atoms with E-state index in [0.29, 0.717) is 18.7 Å². The third-order valence-corrected chi connectivity index (χ3v) is 3.18. The first kappa shape index (κ1) is 16.4. The molecule has 0 spiro atoms. The van der Waals surface area contributed by atoms with Gasteiger partial charge in [-0.15, -0.1) is 0 Å². The zero-order chi connectivity index (χ0) is 15.1. The first-order valence-electron chi connectivity index (χ1n) is 7.08. The lowest BCUT2D eigenvalue weighted by molar-refractivity contribution is -0.127. The maximum atomic E-state index is 11.8. The van der Waals surface area contributed by atoms with Gasteiger partial charge < -0.3 is 14.9 Å². The van der Waals surface area contributed by atoms with Gasteiger partial charge in [-0.3, -0.25) is 9.78 Å². The molecule has 0 aliphatic heterocycles. The Labute approximate surface area is 121 Å². The molecule has 1 N–H and O–H groups in total. The second-order valence-corrected chi connectivity index (χ2v) is 5.08. The van der Waals surface area contributed by atoms with Gasteiger partial charge in [-0.2, -0.15) is 0 Å². The SMILES string of the molecule is CCCN(CC(=O)N(C)C)c1ccc([C@H](O)CC)nc1. The van der Waals surface area contributed by atoms with E-state index in [4.69, 9.17) is 0 Å². The third-order valence-electron chi connectivity index (χ3n) is 3.18. The highest BCUT2D eigenvalue weighted by Gasteiger charge is 2.13. The lowest BCUT2D eigenvalue weighted by atomic mass is 10.2. The maximum absolute atomic E-state index is 11.8. The number of rotatable bonds is 7. The predicted octanol–water partition coefficient (Wildman–Crippen LogP) is 1.83. The molecule has 0 fully saturated rings. The highest BCUT2D eigenvalue weighted by atomic mass is 16.3. The van der Waals surface area contributed by atoms with Crippen LogP contribution >= 0.6 is 0 Å². The van der Waals surface area contributed by atoms with E-state index in [-0.39, 0.29) is 5.91 Å². The summed E-state index contributed by atoms with van der Waals surface area (Å²) >= 11 is 0. The Balaban J connectivity index is 2.83. The molecule has 0 saturated heterocycles. The molecule has 5 nitrogen and oxygen atoms in total. The number of aromatic nitrogens is 1. The van der Waals surface area contributed by atoms with Gasteiger partial charge in [-0.05, 0) is 25.0 Å². The van der Waals surface area contributed by atoms with Crippen LogP contribution in [-0.4, -0.2) is 48.1 Å². The summed E-state index contributed by atoms with van der Waals surface area (Å²) in [5.74, 6) is 0.0659. The molecule has 1 atom stereocenters. The highest BCUT2D eigenvalue weighted by Crippen LogP contribution is 2.18. The second-order valence-electron chi connectivity index (χ2n) is 5.08. The number of aliphatic hydroxyl groups is 1. The molecule has 1 aromatic heterocycles. The fraction of sp³-hybridized carbons (Fsp3) is 0.600. The fourth-order valence-corrected chi connectivity index (χ4v) is 1.86. The smallest absolute Gasteiger partial charge is 0.241 e. The van der Waals surface area contributed by atoms with Crippen molar-refractivity contribution in [1.82, 2.24) is 9.88 Å². The van der Waals surface area contributed by atoms with Crippen LogP contribution in [0, 0.1) is 0 Å². The average Bonchev–Trinajstić information content (AvgIpc) is 2.46. The molecule has 1 rings (SSSR count). The van der Waals surface area contributed by atoms with Crippen molar-refractivity contribution < 1.29 is 9.90 Å². The number of carbonyl (C=O) groups excluding carboxylic acids is 1. The molecule has 0 radical (unpaired) electrons. The van der Waals surface area contributed by atoms with Gasteiger partial charge in [0.15, 0.2) is 0 Å². The lowest BCUT2D eigenvalue weighted by Crippen LogP contribution is -2.37. The molecule has 0 aliphatic rings. The summed E-state index contributed by atoms with van der Waals surface area (Å²) in [5.41, 5.74) is 1.58. The standard InChI is InChI=1S/C15H25N3O2/c1-5-9-18(11-15(20)17(3)4)12-7-8-13(16-10-12)14(19)6-2/h7-8,10,14,19H,5-6,9,11H2,1-4H3/t14-/m1/s1. The van der Waals surface area contributed by atoms with Crippen LogP contribution < -0.4 is 4.90 Å². The summed E-state index contributed by atoms with van der Waals surface area (Å²) in [6.07, 6.45) is 2.81. The van der Waals surface area contributed by atoms with Crippen molar-refractivity contribution in [2.75, 3.05) is 32.1 Å². The molecule has 0 aromatic carbocycles. The minimum absolute atomic E-state index is 0.0659. The monoisotopic (exact) mass is 279 g/mol. The van der Waals surface area contributed by atoms with Gasteiger partial charge in [0.2, 0.25) is 5.91 Å². The number of carbonyl (C=O) groups is 1. The Morgan fingerprint density at radius 1 is 1.35 bits per heavy atom. The summed E-state index contributed by atoms with van der Waals surface area (Å²) in [6.45, 7) is 5.14. The van der Waals surface area contributed by atoms with E-state index in [1.165, 1.54) is 0 Å². The van der Waals surface area contributed by atoms with Gasteiger partial charge in [-0.1, -0.05) is 13.8 Å². The van der Waals surface area contributed by atoms with Gasteiger partial charge in [0.25, 0.3) is 0 Å². The normalized spacial score (nSPS) is 12.1. The van der Waals surface area contributed by atoms with Crippen LogP contribution in [0.1, 0.15) is 38.5 Å². The van der Waals surface area contributed by atoms with Crippen LogP contribution in [0.3, 0.4) is 0 Å². The van der Waals surface area contributed by atoms with Crippen molar-refractivity contribution in [3.63, 3.8) is 0 Å². The van der Waals surface area contributed by atoms with Crippen molar-refractivity contribution in [3.8, 4) is 0 Å². The minimum Gasteiger partial charge on any atom is -0.387 e. The van der Waals surface area contributed by atoms with Crippen LogP contribution in [0.25, 0.3) is 0 Å². The molecular weight excluding hydrogens is 254 g/mol. The van der Waals surface area contributed by atoms with Gasteiger partial charge >= 0.3 is 0 Å². The molecule has 5 heteroatoms. The first-order valence-corrected chi connectivity index (χ1v) is 7.08. The fourth-order valence-electron chi connectivity index (χ4n) is 1.86. The molecule has 1 aromatic rings. The Kier molecular flexibility index (Phi) is 6.45. The van der Waals surface area contributed by atoms with E-state index in [1.54, 1.807) is 25.2 Å².